The fourth-order valence-electron chi connectivity index (χ4n) is 4.51. The van der Waals surface area contributed by atoms with Gasteiger partial charge in [-0.1, -0.05) is 28.9 Å². The van der Waals surface area contributed by atoms with Crippen molar-refractivity contribution in [2.24, 2.45) is 5.16 Å². The lowest BCUT2D eigenvalue weighted by molar-refractivity contribution is 0.0720. The number of nitrogens with one attached hydrogen (secondary N) is 1. The van der Waals surface area contributed by atoms with Gasteiger partial charge in [-0.2, -0.15) is 0 Å². The predicted octanol–water partition coefficient (Wildman–Crippen LogP) is 5.45. The molecule has 1 N–H and O–H groups in total. The number of benzene rings is 1. The van der Waals surface area contributed by atoms with Gasteiger partial charge < -0.3 is 19.4 Å². The smallest absolute Gasteiger partial charge is 0.172 e. The first-order valence-electron chi connectivity index (χ1n) is 12.2. The molecule has 1 atom stereocenters. The summed E-state index contributed by atoms with van der Waals surface area (Å²) in [6.45, 7) is 3.20. The second-order valence-electron chi connectivity index (χ2n) is 9.08. The molecule has 0 saturated carbocycles. The number of rotatable bonds is 10. The van der Waals surface area contributed by atoms with Crippen molar-refractivity contribution in [2.75, 3.05) is 45.3 Å². The van der Waals surface area contributed by atoms with Crippen molar-refractivity contribution in [1.82, 2.24) is 4.90 Å². The fraction of sp³-hybridized carbons (Fsp3) is 0.500. The van der Waals surface area contributed by atoms with Crippen molar-refractivity contribution in [2.45, 2.75) is 44.6 Å². The van der Waals surface area contributed by atoms with Crippen LogP contribution in [-0.4, -0.2) is 68.7 Å². The van der Waals surface area contributed by atoms with Gasteiger partial charge in [0, 0.05) is 63.4 Å². The zero-order valence-electron chi connectivity index (χ0n) is 20.4. The van der Waals surface area contributed by atoms with Gasteiger partial charge in [-0.15, -0.1) is 11.3 Å². The number of ether oxygens (including phenoxy) is 1. The molecule has 0 amide bonds. The van der Waals surface area contributed by atoms with Crippen LogP contribution in [0, 0.1) is 5.41 Å². The van der Waals surface area contributed by atoms with E-state index >= 15 is 0 Å². The molecule has 2 aliphatic heterocycles. The van der Waals surface area contributed by atoms with Crippen molar-refractivity contribution >= 4 is 46.0 Å². The Hall–Kier alpha value is -2.42. The number of thiophene rings is 1. The molecular weight excluding hydrogens is 484 g/mol. The second-order valence-corrected chi connectivity index (χ2v) is 10.8. The van der Waals surface area contributed by atoms with Crippen LogP contribution in [0.2, 0.25) is 4.34 Å². The summed E-state index contributed by atoms with van der Waals surface area (Å²) in [5, 5.41) is 13.2. The van der Waals surface area contributed by atoms with Crippen LogP contribution in [0.15, 0.2) is 35.5 Å². The van der Waals surface area contributed by atoms with Crippen LogP contribution in [-0.2, 0) is 9.57 Å². The highest BCUT2D eigenvalue weighted by atomic mass is 35.5. The van der Waals surface area contributed by atoms with Gasteiger partial charge in [-0.25, -0.2) is 0 Å². The Labute approximate surface area is 216 Å². The van der Waals surface area contributed by atoms with Gasteiger partial charge >= 0.3 is 0 Å². The molecule has 0 aliphatic carbocycles. The molecule has 2 aromatic rings. The first kappa shape index (κ1) is 25.7. The fourth-order valence-corrected chi connectivity index (χ4v) is 5.52. The zero-order valence-corrected chi connectivity index (χ0v) is 22.0. The molecule has 9 heteroatoms. The van der Waals surface area contributed by atoms with Crippen molar-refractivity contribution in [3.63, 3.8) is 0 Å². The summed E-state index contributed by atoms with van der Waals surface area (Å²) in [5.41, 5.74) is 3.79. The standard InChI is InChI=1S/C26H33ClN4O3S/c1-30(14-15-33-2)22-16-18(26(28)31-12-4-3-5-13-31)6-8-20(22)21-17-19(34-29-21)7-9-23(32)24-10-11-25(27)35-24/h6,8,10-11,16,19,28H,3-5,7,9,12-15,17H2,1-2H3. The Bertz CT molecular complexity index is 1080. The van der Waals surface area contributed by atoms with E-state index < -0.39 is 0 Å². The Balaban J connectivity index is 1.46. The molecule has 0 bridgehead atoms. The number of likely N-dealkylation sites (N-methyl/N-ethyl adjacent to an activating group) is 1. The summed E-state index contributed by atoms with van der Waals surface area (Å²) in [6.07, 6.45) is 5.03. The summed E-state index contributed by atoms with van der Waals surface area (Å²) in [7, 11) is 3.73. The van der Waals surface area contributed by atoms with Crippen LogP contribution in [0.25, 0.3) is 0 Å². The molecular formula is C26H33ClN4O3S. The van der Waals surface area contributed by atoms with E-state index in [1.807, 2.05) is 13.1 Å². The van der Waals surface area contributed by atoms with Crippen LogP contribution in [0.5, 0.6) is 0 Å². The number of nitrogens with zero attached hydrogens (tertiary/aromatic N) is 3. The Kier molecular flexibility index (Phi) is 8.81. The summed E-state index contributed by atoms with van der Waals surface area (Å²) < 4.78 is 5.92. The van der Waals surface area contributed by atoms with Gasteiger partial charge in [0.2, 0.25) is 0 Å². The summed E-state index contributed by atoms with van der Waals surface area (Å²) >= 11 is 7.27. The van der Waals surface area contributed by atoms with Gasteiger partial charge in [0.05, 0.1) is 21.5 Å². The average Bonchev–Trinajstić information content (AvgIpc) is 3.54. The summed E-state index contributed by atoms with van der Waals surface area (Å²) in [5.74, 6) is 0.659. The van der Waals surface area contributed by atoms with Gasteiger partial charge in [0.15, 0.2) is 5.78 Å². The third kappa shape index (κ3) is 6.42. The highest BCUT2D eigenvalue weighted by molar-refractivity contribution is 7.18. The van der Waals surface area contributed by atoms with Gasteiger partial charge in [-0.05, 0) is 43.9 Å². The number of anilines is 1. The lowest BCUT2D eigenvalue weighted by Gasteiger charge is -2.30. The maximum Gasteiger partial charge on any atom is 0.172 e. The molecule has 1 saturated heterocycles. The number of Topliss-reactive ketones (excluding diaryl/α,β-unsaturated/α-hetero) is 1. The topological polar surface area (TPSA) is 78.2 Å². The molecule has 3 heterocycles. The number of carbonyl (C=O) groups excluding carboxylic acids is 1. The number of ketones is 1. The third-order valence-corrected chi connectivity index (χ3v) is 7.84. The number of likely N-dealkylation sites (tertiary alicyclic amines) is 1. The van der Waals surface area contributed by atoms with Crippen LogP contribution < -0.4 is 4.90 Å². The van der Waals surface area contributed by atoms with Crippen LogP contribution in [0.4, 0.5) is 5.69 Å². The quantitative estimate of drug-likeness (QED) is 0.258. The molecule has 7 nitrogen and oxygen atoms in total. The number of hydrogen-bond donors (Lipinski definition) is 1. The minimum atomic E-state index is -0.132. The van der Waals surface area contributed by atoms with E-state index in [1.54, 1.807) is 19.2 Å². The molecule has 0 spiro atoms. The summed E-state index contributed by atoms with van der Waals surface area (Å²) in [4.78, 5) is 23.2. The van der Waals surface area contributed by atoms with Crippen LogP contribution in [0.1, 0.15) is 59.3 Å². The maximum atomic E-state index is 12.5. The van der Waals surface area contributed by atoms with E-state index in [2.05, 4.69) is 27.1 Å². The first-order valence-corrected chi connectivity index (χ1v) is 13.4. The molecule has 2 aliphatic rings. The van der Waals surface area contributed by atoms with E-state index in [1.165, 1.54) is 17.8 Å². The number of hydrogen-bond acceptors (Lipinski definition) is 7. The normalized spacial score (nSPS) is 17.7. The minimum absolute atomic E-state index is 0.0829. The second kappa shape index (κ2) is 12.0. The number of amidine groups is 1. The van der Waals surface area contributed by atoms with Crippen molar-refractivity contribution < 1.29 is 14.4 Å². The van der Waals surface area contributed by atoms with E-state index in [0.29, 0.717) is 40.9 Å². The zero-order chi connectivity index (χ0) is 24.8. The maximum absolute atomic E-state index is 12.5. The highest BCUT2D eigenvalue weighted by Gasteiger charge is 2.27. The van der Waals surface area contributed by atoms with Crippen molar-refractivity contribution in [1.29, 1.82) is 5.41 Å². The van der Waals surface area contributed by atoms with Gasteiger partial charge in [-0.3, -0.25) is 10.2 Å². The van der Waals surface area contributed by atoms with E-state index in [0.717, 1.165) is 55.0 Å². The number of oxime groups is 1. The highest BCUT2D eigenvalue weighted by Crippen LogP contribution is 2.30. The molecule has 1 aromatic carbocycles. The van der Waals surface area contributed by atoms with Crippen LogP contribution in [0.3, 0.4) is 0 Å². The molecule has 4 rings (SSSR count). The number of halogens is 1. The number of carbonyl (C=O) groups is 1. The molecule has 0 radical (unpaired) electrons. The van der Waals surface area contributed by atoms with Crippen LogP contribution >= 0.6 is 22.9 Å². The third-order valence-electron chi connectivity index (χ3n) is 6.57. The lowest BCUT2D eigenvalue weighted by Crippen LogP contribution is -2.35. The van der Waals surface area contributed by atoms with Gasteiger partial charge in [0.1, 0.15) is 11.9 Å². The van der Waals surface area contributed by atoms with Gasteiger partial charge in [0.25, 0.3) is 0 Å². The monoisotopic (exact) mass is 516 g/mol. The predicted molar refractivity (Wildman–Crippen MR) is 143 cm³/mol. The molecule has 35 heavy (non-hydrogen) atoms. The largest absolute Gasteiger partial charge is 0.392 e. The Morgan fingerprint density at radius 1 is 1.29 bits per heavy atom. The van der Waals surface area contributed by atoms with E-state index in [9.17, 15) is 4.79 Å². The Morgan fingerprint density at radius 3 is 2.80 bits per heavy atom. The number of methoxy groups -OCH3 is 1. The average molecular weight is 517 g/mol. The molecule has 1 fully saturated rings. The molecule has 188 valence electrons. The number of piperidine rings is 1. The summed E-state index contributed by atoms with van der Waals surface area (Å²) in [6, 6.07) is 9.68. The Morgan fingerprint density at radius 2 is 2.09 bits per heavy atom. The molecule has 1 unspecified atom stereocenters. The van der Waals surface area contributed by atoms with Crippen molar-refractivity contribution in [3.05, 3.63) is 50.7 Å². The van der Waals surface area contributed by atoms with E-state index in [4.69, 9.17) is 26.6 Å². The lowest BCUT2D eigenvalue weighted by atomic mass is 9.97. The minimum Gasteiger partial charge on any atom is -0.392 e. The SMILES string of the molecule is COCCN(C)c1cc(C(=N)N2CCCCC2)ccc1C1=NOC(CCC(=O)c2ccc(Cl)s2)C1. The van der Waals surface area contributed by atoms with Crippen molar-refractivity contribution in [3.8, 4) is 0 Å². The first-order chi connectivity index (χ1) is 17.0. The molecule has 1 aromatic heterocycles. The van der Waals surface area contributed by atoms with E-state index in [-0.39, 0.29) is 11.9 Å².